The number of benzene rings is 2. The van der Waals surface area contributed by atoms with Crippen molar-refractivity contribution in [2.75, 3.05) is 13.2 Å². The van der Waals surface area contributed by atoms with E-state index in [0.717, 1.165) is 16.5 Å². The zero-order valence-corrected chi connectivity index (χ0v) is 20.0. The molecule has 2 aromatic carbocycles. The third-order valence-electron chi connectivity index (χ3n) is 5.92. The van der Waals surface area contributed by atoms with Crippen LogP contribution in [0, 0.1) is 0 Å². The maximum absolute atomic E-state index is 13.0. The van der Waals surface area contributed by atoms with E-state index in [2.05, 4.69) is 4.98 Å². The number of ether oxygens (including phenoxy) is 2. The van der Waals surface area contributed by atoms with Crippen molar-refractivity contribution in [3.63, 3.8) is 0 Å². The Morgan fingerprint density at radius 1 is 1.03 bits per heavy atom. The predicted octanol–water partition coefficient (Wildman–Crippen LogP) is 4.44. The molecule has 35 heavy (non-hydrogen) atoms. The van der Waals surface area contributed by atoms with Gasteiger partial charge >= 0.3 is 6.09 Å². The fourth-order valence-corrected chi connectivity index (χ4v) is 4.11. The molecule has 0 saturated heterocycles. The first kappa shape index (κ1) is 24.2. The molecule has 0 aliphatic heterocycles. The van der Waals surface area contributed by atoms with Crippen LogP contribution < -0.4 is 10.3 Å². The molecular formula is C27H29N3O5. The molecule has 0 spiro atoms. The highest BCUT2D eigenvalue weighted by Gasteiger charge is 2.26. The minimum atomic E-state index is -1.06. The van der Waals surface area contributed by atoms with Gasteiger partial charge in [0.05, 0.1) is 35.9 Å². The molecule has 0 bridgehead atoms. The van der Waals surface area contributed by atoms with Crippen LogP contribution in [-0.2, 0) is 18.3 Å². The van der Waals surface area contributed by atoms with Gasteiger partial charge in [-0.15, -0.1) is 0 Å². The van der Waals surface area contributed by atoms with Gasteiger partial charge in [-0.05, 0) is 25.5 Å². The molecule has 4 rings (SSSR count). The lowest BCUT2D eigenvalue weighted by molar-refractivity contribution is 0.00961. The Morgan fingerprint density at radius 2 is 1.74 bits per heavy atom. The SMILES string of the molecule is CC(C)OCC(COc1cncc2c(=O)n(C)c3ccccc3c12)N(Cc1ccccc1)C(=O)O. The van der Waals surface area contributed by atoms with Crippen LogP contribution in [0.1, 0.15) is 19.4 Å². The summed E-state index contributed by atoms with van der Waals surface area (Å²) in [5.74, 6) is 0.427. The molecule has 1 unspecified atom stereocenters. The van der Waals surface area contributed by atoms with Gasteiger partial charge in [0, 0.05) is 30.6 Å². The van der Waals surface area contributed by atoms with Crippen molar-refractivity contribution >= 4 is 27.8 Å². The first-order chi connectivity index (χ1) is 16.9. The molecule has 1 N–H and O–H groups in total. The summed E-state index contributed by atoms with van der Waals surface area (Å²) in [7, 11) is 1.73. The number of nitrogens with zero attached hydrogens (tertiary/aromatic N) is 3. The van der Waals surface area contributed by atoms with Crippen LogP contribution in [0.4, 0.5) is 4.79 Å². The average molecular weight is 476 g/mol. The Balaban J connectivity index is 1.70. The molecule has 2 aromatic heterocycles. The van der Waals surface area contributed by atoms with Gasteiger partial charge < -0.3 is 19.1 Å². The first-order valence-electron chi connectivity index (χ1n) is 11.5. The lowest BCUT2D eigenvalue weighted by atomic mass is 10.1. The molecule has 0 aliphatic rings. The lowest BCUT2D eigenvalue weighted by Crippen LogP contribution is -2.45. The summed E-state index contributed by atoms with van der Waals surface area (Å²) < 4.78 is 13.6. The highest BCUT2D eigenvalue weighted by Crippen LogP contribution is 2.30. The highest BCUT2D eigenvalue weighted by atomic mass is 16.5. The molecule has 1 atom stereocenters. The van der Waals surface area contributed by atoms with Gasteiger partial charge in [0.15, 0.2) is 0 Å². The van der Waals surface area contributed by atoms with Crippen LogP contribution in [-0.4, -0.2) is 51.0 Å². The molecule has 0 saturated carbocycles. The number of carbonyl (C=O) groups is 1. The average Bonchev–Trinajstić information content (AvgIpc) is 2.86. The van der Waals surface area contributed by atoms with Crippen LogP contribution in [0.2, 0.25) is 0 Å². The van der Waals surface area contributed by atoms with Gasteiger partial charge in [-0.2, -0.15) is 0 Å². The number of aryl methyl sites for hydroxylation is 1. The molecule has 8 nitrogen and oxygen atoms in total. The third kappa shape index (κ3) is 5.27. The van der Waals surface area contributed by atoms with E-state index >= 15 is 0 Å². The topological polar surface area (TPSA) is 93.9 Å². The van der Waals surface area contributed by atoms with E-state index in [1.807, 2.05) is 68.4 Å². The normalized spacial score (nSPS) is 12.2. The Bertz CT molecular complexity index is 1380. The van der Waals surface area contributed by atoms with E-state index in [-0.39, 0.29) is 31.4 Å². The summed E-state index contributed by atoms with van der Waals surface area (Å²) in [5.41, 5.74) is 1.47. The monoisotopic (exact) mass is 475 g/mol. The first-order valence-corrected chi connectivity index (χ1v) is 11.5. The maximum atomic E-state index is 13.0. The van der Waals surface area contributed by atoms with Crippen LogP contribution in [0.3, 0.4) is 0 Å². The summed E-state index contributed by atoms with van der Waals surface area (Å²) in [4.78, 5) is 30.8. The number of para-hydroxylation sites is 1. The fourth-order valence-electron chi connectivity index (χ4n) is 4.11. The quantitative estimate of drug-likeness (QED) is 0.360. The largest absolute Gasteiger partial charge is 0.489 e. The molecule has 0 radical (unpaired) electrons. The van der Waals surface area contributed by atoms with E-state index in [1.54, 1.807) is 17.8 Å². The van der Waals surface area contributed by atoms with E-state index < -0.39 is 12.1 Å². The van der Waals surface area contributed by atoms with E-state index in [9.17, 15) is 14.7 Å². The molecule has 182 valence electrons. The Morgan fingerprint density at radius 3 is 2.46 bits per heavy atom. The second-order valence-electron chi connectivity index (χ2n) is 8.68. The fraction of sp³-hybridized carbons (Fsp3) is 0.296. The zero-order chi connectivity index (χ0) is 24.9. The summed E-state index contributed by atoms with van der Waals surface area (Å²) in [6, 6.07) is 16.4. The number of fused-ring (bicyclic) bond motifs is 3. The predicted molar refractivity (Wildman–Crippen MR) is 135 cm³/mol. The molecule has 8 heteroatoms. The van der Waals surface area contributed by atoms with E-state index in [1.165, 1.54) is 11.1 Å². The number of carboxylic acid groups (broad SMARTS) is 1. The standard InChI is InChI=1S/C27H29N3O5/c1-18(2)34-16-20(30(27(32)33)15-19-9-5-4-6-10-19)17-35-24-14-28-13-22-25(24)21-11-7-8-12-23(21)29(3)26(22)31/h4-14,18,20H,15-17H2,1-3H3,(H,32,33). The number of pyridine rings is 2. The molecule has 2 heterocycles. The minimum absolute atomic E-state index is 0.0379. The molecule has 0 fully saturated rings. The smallest absolute Gasteiger partial charge is 0.408 e. The Kier molecular flexibility index (Phi) is 7.31. The van der Waals surface area contributed by atoms with Crippen molar-refractivity contribution in [1.82, 2.24) is 14.5 Å². The highest BCUT2D eigenvalue weighted by molar-refractivity contribution is 6.08. The van der Waals surface area contributed by atoms with Gasteiger partial charge in [0.1, 0.15) is 12.4 Å². The zero-order valence-electron chi connectivity index (χ0n) is 20.0. The summed E-state index contributed by atoms with van der Waals surface area (Å²) in [5, 5.41) is 12.0. The summed E-state index contributed by atoms with van der Waals surface area (Å²) in [6.07, 6.45) is 1.97. The minimum Gasteiger partial charge on any atom is -0.489 e. The molecule has 0 aliphatic carbocycles. The van der Waals surface area contributed by atoms with Crippen molar-refractivity contribution in [3.8, 4) is 5.75 Å². The maximum Gasteiger partial charge on any atom is 0.408 e. The lowest BCUT2D eigenvalue weighted by Gasteiger charge is -2.30. The second kappa shape index (κ2) is 10.6. The number of aromatic nitrogens is 2. The van der Waals surface area contributed by atoms with Crippen molar-refractivity contribution in [2.24, 2.45) is 7.05 Å². The van der Waals surface area contributed by atoms with Crippen molar-refractivity contribution in [3.05, 3.63) is 82.9 Å². The second-order valence-corrected chi connectivity index (χ2v) is 8.68. The number of amides is 1. The summed E-state index contributed by atoms with van der Waals surface area (Å²) in [6.45, 7) is 4.20. The van der Waals surface area contributed by atoms with Crippen molar-refractivity contribution < 1.29 is 19.4 Å². The summed E-state index contributed by atoms with van der Waals surface area (Å²) >= 11 is 0. The number of rotatable bonds is 9. The molecular weight excluding hydrogens is 446 g/mol. The molecule has 4 aromatic rings. The number of hydrogen-bond donors (Lipinski definition) is 1. The van der Waals surface area contributed by atoms with Crippen LogP contribution in [0.25, 0.3) is 21.7 Å². The van der Waals surface area contributed by atoms with Crippen molar-refractivity contribution in [2.45, 2.75) is 32.5 Å². The van der Waals surface area contributed by atoms with Crippen molar-refractivity contribution in [1.29, 1.82) is 0 Å². The van der Waals surface area contributed by atoms with Gasteiger partial charge in [-0.1, -0.05) is 48.5 Å². The van der Waals surface area contributed by atoms with Gasteiger partial charge in [0.2, 0.25) is 0 Å². The molecule has 1 amide bonds. The van der Waals surface area contributed by atoms with E-state index in [0.29, 0.717) is 16.5 Å². The third-order valence-corrected chi connectivity index (χ3v) is 5.92. The Hall–Kier alpha value is -3.91. The van der Waals surface area contributed by atoms with Gasteiger partial charge in [0.25, 0.3) is 5.56 Å². The van der Waals surface area contributed by atoms with Gasteiger partial charge in [-0.3, -0.25) is 14.7 Å². The van der Waals surface area contributed by atoms with Crippen LogP contribution >= 0.6 is 0 Å². The van der Waals surface area contributed by atoms with E-state index in [4.69, 9.17) is 9.47 Å². The number of hydrogen-bond acceptors (Lipinski definition) is 5. The van der Waals surface area contributed by atoms with Crippen LogP contribution in [0.15, 0.2) is 71.8 Å². The van der Waals surface area contributed by atoms with Gasteiger partial charge in [-0.25, -0.2) is 4.79 Å². The Labute approximate surface area is 203 Å². The van der Waals surface area contributed by atoms with Crippen LogP contribution in [0.5, 0.6) is 5.75 Å².